The van der Waals surface area contributed by atoms with Crippen LogP contribution < -0.4 is 4.90 Å². The second-order valence-corrected chi connectivity index (χ2v) is 8.92. The molecule has 0 aliphatic carbocycles. The molecule has 142 valence electrons. The Morgan fingerprint density at radius 1 is 1.19 bits per heavy atom. The number of piperidine rings is 1. The number of hydrogen-bond acceptors (Lipinski definition) is 4. The fourth-order valence-corrected chi connectivity index (χ4v) is 4.37. The summed E-state index contributed by atoms with van der Waals surface area (Å²) < 4.78 is 25.9. The Balaban J connectivity index is 2.13. The third kappa shape index (κ3) is 4.13. The van der Waals surface area contributed by atoms with Gasteiger partial charge in [0.15, 0.2) is 0 Å². The van der Waals surface area contributed by atoms with Gasteiger partial charge in [0, 0.05) is 45.5 Å². The van der Waals surface area contributed by atoms with Crippen LogP contribution in [0.25, 0.3) is 0 Å². The topological polar surface area (TPSA) is 78.0 Å². The molecule has 0 aromatic heterocycles. The molecule has 8 heteroatoms. The Morgan fingerprint density at radius 3 is 2.35 bits per heavy atom. The zero-order valence-electron chi connectivity index (χ0n) is 15.4. The van der Waals surface area contributed by atoms with Crippen molar-refractivity contribution in [2.75, 3.05) is 39.1 Å². The molecule has 7 nitrogen and oxygen atoms in total. The molecular weight excluding hydrogens is 354 g/mol. The summed E-state index contributed by atoms with van der Waals surface area (Å²) in [7, 11) is 1.25. The summed E-state index contributed by atoms with van der Waals surface area (Å²) in [5.74, 6) is -0.440. The lowest BCUT2D eigenvalue weighted by atomic mass is 10.1. The first-order valence-electron chi connectivity index (χ1n) is 8.39. The highest BCUT2D eigenvalue weighted by molar-refractivity contribution is 7.89. The summed E-state index contributed by atoms with van der Waals surface area (Å²) in [5.41, 5.74) is 1.12. The Kier molecular flexibility index (Phi) is 6.20. The van der Waals surface area contributed by atoms with Gasteiger partial charge in [-0.05, 0) is 43.2 Å². The number of carbonyl (C=O) groups is 2. The van der Waals surface area contributed by atoms with E-state index in [0.717, 1.165) is 0 Å². The first-order chi connectivity index (χ1) is 12.2. The number of amides is 2. The van der Waals surface area contributed by atoms with Crippen molar-refractivity contribution >= 4 is 27.5 Å². The Labute approximate surface area is 154 Å². The maximum absolute atomic E-state index is 12.7. The Bertz CT molecular complexity index is 787. The van der Waals surface area contributed by atoms with E-state index in [1.807, 2.05) is 0 Å². The lowest BCUT2D eigenvalue weighted by Gasteiger charge is -2.33. The van der Waals surface area contributed by atoms with Gasteiger partial charge in [-0.3, -0.25) is 9.59 Å². The van der Waals surface area contributed by atoms with Crippen LogP contribution in [-0.4, -0.2) is 68.9 Å². The fourth-order valence-electron chi connectivity index (χ4n) is 2.94. The normalized spacial score (nSPS) is 17.8. The summed E-state index contributed by atoms with van der Waals surface area (Å²) in [6.07, 6.45) is 2.42. The van der Waals surface area contributed by atoms with E-state index in [9.17, 15) is 18.0 Å². The lowest BCUT2D eigenvalue weighted by Crippen LogP contribution is -2.48. The van der Waals surface area contributed by atoms with Gasteiger partial charge in [0.1, 0.15) is 0 Å². The molecule has 1 atom stereocenters. The Hall–Kier alpha value is -2.19. The molecule has 1 aromatic rings. The summed E-state index contributed by atoms with van der Waals surface area (Å²) in [4.78, 5) is 27.4. The third-order valence-electron chi connectivity index (χ3n) is 4.60. The molecule has 0 radical (unpaired) electrons. The highest BCUT2D eigenvalue weighted by Gasteiger charge is 2.34. The maximum atomic E-state index is 12.7. The largest absolute Gasteiger partial charge is 0.337 e. The first kappa shape index (κ1) is 20.1. The number of nitrogens with zero attached hydrogens (tertiary/aromatic N) is 3. The van der Waals surface area contributed by atoms with Crippen LogP contribution in [0.5, 0.6) is 0 Å². The molecule has 0 spiro atoms. The van der Waals surface area contributed by atoms with Crippen LogP contribution in [0.15, 0.2) is 36.9 Å². The molecule has 1 saturated heterocycles. The van der Waals surface area contributed by atoms with Gasteiger partial charge in [0.2, 0.25) is 15.9 Å². The van der Waals surface area contributed by atoms with Crippen LogP contribution in [0.4, 0.5) is 5.69 Å². The molecule has 1 aromatic carbocycles. The highest BCUT2D eigenvalue weighted by atomic mass is 32.2. The van der Waals surface area contributed by atoms with E-state index in [4.69, 9.17) is 0 Å². The van der Waals surface area contributed by atoms with Gasteiger partial charge in [-0.2, -0.15) is 0 Å². The first-order valence-corrected chi connectivity index (χ1v) is 9.89. The van der Waals surface area contributed by atoms with Gasteiger partial charge in [-0.15, -0.1) is 0 Å². The monoisotopic (exact) mass is 379 g/mol. The van der Waals surface area contributed by atoms with Crippen molar-refractivity contribution in [3.8, 4) is 0 Å². The van der Waals surface area contributed by atoms with E-state index < -0.39 is 15.3 Å². The van der Waals surface area contributed by atoms with Gasteiger partial charge in [0.25, 0.3) is 5.91 Å². The smallest absolute Gasteiger partial charge is 0.253 e. The third-order valence-corrected chi connectivity index (χ3v) is 6.85. The number of likely N-dealkylation sites (tertiary alicyclic amines) is 1. The van der Waals surface area contributed by atoms with E-state index in [0.29, 0.717) is 30.6 Å². The van der Waals surface area contributed by atoms with E-state index in [2.05, 4.69) is 6.58 Å². The number of anilines is 1. The molecule has 1 aliphatic heterocycles. The number of benzene rings is 1. The quantitative estimate of drug-likeness (QED) is 0.723. The molecule has 2 rings (SSSR count). The van der Waals surface area contributed by atoms with Crippen molar-refractivity contribution in [1.29, 1.82) is 0 Å². The fraction of sp³-hybridized carbons (Fsp3) is 0.444. The summed E-state index contributed by atoms with van der Waals surface area (Å²) >= 11 is 0. The van der Waals surface area contributed by atoms with Gasteiger partial charge in [-0.1, -0.05) is 6.58 Å². The molecule has 1 fully saturated rings. The average Bonchev–Trinajstić information content (AvgIpc) is 2.66. The van der Waals surface area contributed by atoms with E-state index in [-0.39, 0.29) is 18.4 Å². The number of hydrogen-bond donors (Lipinski definition) is 0. The van der Waals surface area contributed by atoms with E-state index >= 15 is 0 Å². The van der Waals surface area contributed by atoms with Crippen LogP contribution in [0.1, 0.15) is 23.2 Å². The van der Waals surface area contributed by atoms with Crippen LogP contribution in [0.2, 0.25) is 0 Å². The van der Waals surface area contributed by atoms with E-state index in [1.54, 1.807) is 36.2 Å². The predicted octanol–water partition coefficient (Wildman–Crippen LogP) is 1.33. The van der Waals surface area contributed by atoms with Gasteiger partial charge >= 0.3 is 0 Å². The number of likely N-dealkylation sites (N-methyl/N-ethyl adjacent to an activating group) is 1. The van der Waals surface area contributed by atoms with Gasteiger partial charge in [0.05, 0.1) is 5.25 Å². The SMILES string of the molecule is C=CC(=O)N(C)c1ccc(C(=O)N2CCCC(S(=O)(=O)N(C)C)C2)cc1. The zero-order valence-corrected chi connectivity index (χ0v) is 16.2. The molecule has 0 bridgehead atoms. The minimum atomic E-state index is -3.39. The van der Waals surface area contributed by atoms with Gasteiger partial charge in [-0.25, -0.2) is 12.7 Å². The second kappa shape index (κ2) is 8.01. The second-order valence-electron chi connectivity index (χ2n) is 6.49. The Morgan fingerprint density at radius 2 is 1.81 bits per heavy atom. The van der Waals surface area contributed by atoms with Crippen molar-refractivity contribution in [2.24, 2.45) is 0 Å². The van der Waals surface area contributed by atoms with Crippen LogP contribution in [-0.2, 0) is 14.8 Å². The molecule has 2 amide bonds. The predicted molar refractivity (Wildman–Crippen MR) is 102 cm³/mol. The van der Waals surface area contributed by atoms with Crippen LogP contribution >= 0.6 is 0 Å². The van der Waals surface area contributed by atoms with Crippen LogP contribution in [0.3, 0.4) is 0 Å². The molecule has 1 unspecified atom stereocenters. The molecule has 1 heterocycles. The standard InChI is InChI=1S/C18H25N3O4S/c1-5-17(22)20(4)15-10-8-14(9-11-15)18(23)21-12-6-7-16(13-21)26(24,25)19(2)3/h5,8-11,16H,1,6-7,12-13H2,2-4H3. The summed E-state index contributed by atoms with van der Waals surface area (Å²) in [6, 6.07) is 6.67. The number of carbonyl (C=O) groups excluding carboxylic acids is 2. The molecule has 0 saturated carbocycles. The average molecular weight is 379 g/mol. The van der Waals surface area contributed by atoms with Gasteiger partial charge < -0.3 is 9.80 Å². The summed E-state index contributed by atoms with van der Waals surface area (Å²) in [6.45, 7) is 4.18. The van der Waals surface area contributed by atoms with Crippen molar-refractivity contribution in [1.82, 2.24) is 9.21 Å². The molecular formula is C18H25N3O4S. The molecule has 0 N–H and O–H groups in total. The van der Waals surface area contributed by atoms with Crippen molar-refractivity contribution in [3.05, 3.63) is 42.5 Å². The summed E-state index contributed by atoms with van der Waals surface area (Å²) in [5, 5.41) is -0.578. The van der Waals surface area contributed by atoms with Crippen LogP contribution in [0, 0.1) is 0 Å². The number of rotatable bonds is 5. The number of sulfonamides is 1. The highest BCUT2D eigenvalue weighted by Crippen LogP contribution is 2.22. The molecule has 26 heavy (non-hydrogen) atoms. The maximum Gasteiger partial charge on any atom is 0.253 e. The van der Waals surface area contributed by atoms with Crippen molar-refractivity contribution in [3.63, 3.8) is 0 Å². The molecule has 1 aliphatic rings. The zero-order chi connectivity index (χ0) is 19.5. The van der Waals surface area contributed by atoms with Crippen molar-refractivity contribution < 1.29 is 18.0 Å². The lowest BCUT2D eigenvalue weighted by molar-refractivity contribution is -0.113. The van der Waals surface area contributed by atoms with Crippen molar-refractivity contribution in [2.45, 2.75) is 18.1 Å². The minimum Gasteiger partial charge on any atom is -0.337 e. The minimum absolute atomic E-state index is 0.190. The van der Waals surface area contributed by atoms with E-state index in [1.165, 1.54) is 29.4 Å².